The van der Waals surface area contributed by atoms with Crippen LogP contribution < -0.4 is 16.1 Å². The van der Waals surface area contributed by atoms with E-state index in [4.69, 9.17) is 9.94 Å². The predicted molar refractivity (Wildman–Crippen MR) is 138 cm³/mol. The number of hydrogen-bond donors (Lipinski definition) is 4. The monoisotopic (exact) mass is 517 g/mol. The highest BCUT2D eigenvalue weighted by Gasteiger charge is 2.38. The molecule has 2 heterocycles. The molecule has 1 aromatic carbocycles. The molecule has 1 saturated heterocycles. The molecule has 4 N–H and O–H groups in total. The number of ether oxygens (including phenoxy) is 1. The van der Waals surface area contributed by atoms with Gasteiger partial charge in [0, 0.05) is 21.9 Å². The first-order valence-corrected chi connectivity index (χ1v) is 13.8. The van der Waals surface area contributed by atoms with Crippen LogP contribution >= 0.6 is 23.1 Å². The number of rotatable bonds is 8. The van der Waals surface area contributed by atoms with Crippen molar-refractivity contribution in [3.05, 3.63) is 41.3 Å². The Kier molecular flexibility index (Phi) is 8.69. The maximum Gasteiger partial charge on any atom is 0.407 e. The predicted octanol–water partition coefficient (Wildman–Crippen LogP) is 5.03. The van der Waals surface area contributed by atoms with Crippen molar-refractivity contribution in [2.45, 2.75) is 62.2 Å². The van der Waals surface area contributed by atoms with E-state index < -0.39 is 6.09 Å². The fourth-order valence-electron chi connectivity index (χ4n) is 4.62. The molecule has 10 heteroatoms. The Morgan fingerprint density at radius 2 is 1.89 bits per heavy atom. The zero-order valence-electron chi connectivity index (χ0n) is 19.5. The molecule has 0 bridgehead atoms. The molecule has 1 aromatic heterocycles. The van der Waals surface area contributed by atoms with Crippen molar-refractivity contribution >= 4 is 46.7 Å². The summed E-state index contributed by atoms with van der Waals surface area (Å²) in [6, 6.07) is 11.6. The van der Waals surface area contributed by atoms with Crippen LogP contribution in [0.2, 0.25) is 0 Å². The fourth-order valence-corrected chi connectivity index (χ4v) is 7.50. The molecule has 3 amide bonds. The van der Waals surface area contributed by atoms with Crippen LogP contribution in [0.3, 0.4) is 0 Å². The van der Waals surface area contributed by atoms with Gasteiger partial charge in [-0.25, -0.2) is 10.3 Å². The lowest BCUT2D eigenvalue weighted by atomic mass is 9.94. The molecule has 0 radical (unpaired) electrons. The summed E-state index contributed by atoms with van der Waals surface area (Å²) in [6.45, 7) is -0.161. The number of benzene rings is 1. The fraction of sp³-hybridized carbons (Fsp3) is 0.480. The third-order valence-corrected chi connectivity index (χ3v) is 9.46. The van der Waals surface area contributed by atoms with Crippen molar-refractivity contribution in [3.8, 4) is 10.4 Å². The highest BCUT2D eigenvalue weighted by Crippen LogP contribution is 2.50. The van der Waals surface area contributed by atoms with Crippen LogP contribution in [-0.2, 0) is 19.1 Å². The van der Waals surface area contributed by atoms with Gasteiger partial charge in [-0.3, -0.25) is 14.8 Å². The van der Waals surface area contributed by atoms with Crippen LogP contribution in [0.5, 0.6) is 0 Å². The number of alkyl carbamates (subject to hydrolysis) is 1. The van der Waals surface area contributed by atoms with Crippen LogP contribution in [0.15, 0.2) is 36.4 Å². The minimum absolute atomic E-state index is 0.0467. The Balaban J connectivity index is 1.38. The van der Waals surface area contributed by atoms with Gasteiger partial charge in [0.2, 0.25) is 11.8 Å². The SMILES string of the molecule is O=C(C[C@]1(c2ccc(-c3cccc(NC(=O)CNC(=O)OC4CCCC4)c3)s2)CCCCS1)NO. The zero-order chi connectivity index (χ0) is 24.7. The minimum atomic E-state index is -0.559. The van der Waals surface area contributed by atoms with E-state index in [1.807, 2.05) is 24.3 Å². The number of thioether (sulfide) groups is 1. The van der Waals surface area contributed by atoms with Crippen molar-refractivity contribution in [2.75, 3.05) is 17.6 Å². The van der Waals surface area contributed by atoms with Crippen molar-refractivity contribution < 1.29 is 24.3 Å². The molecule has 8 nitrogen and oxygen atoms in total. The van der Waals surface area contributed by atoms with Gasteiger partial charge in [0.15, 0.2) is 0 Å². The molecule has 0 unspecified atom stereocenters. The second-order valence-electron chi connectivity index (χ2n) is 8.97. The zero-order valence-corrected chi connectivity index (χ0v) is 21.1. The van der Waals surface area contributed by atoms with Gasteiger partial charge in [0.05, 0.1) is 4.75 Å². The summed E-state index contributed by atoms with van der Waals surface area (Å²) in [5.74, 6) is 0.278. The molecule has 0 spiro atoms. The highest BCUT2D eigenvalue weighted by atomic mass is 32.2. The topological polar surface area (TPSA) is 117 Å². The first kappa shape index (κ1) is 25.5. The van der Waals surface area contributed by atoms with E-state index in [9.17, 15) is 14.4 Å². The van der Waals surface area contributed by atoms with E-state index in [1.54, 1.807) is 34.6 Å². The molecule has 1 aliphatic carbocycles. The Labute approximate surface area is 213 Å². The van der Waals surface area contributed by atoms with E-state index in [0.717, 1.165) is 66.0 Å². The molecular weight excluding hydrogens is 486 g/mol. The van der Waals surface area contributed by atoms with Gasteiger partial charge < -0.3 is 15.4 Å². The number of anilines is 1. The van der Waals surface area contributed by atoms with Gasteiger partial charge in [-0.05, 0) is 74.1 Å². The third kappa shape index (κ3) is 6.77. The summed E-state index contributed by atoms with van der Waals surface area (Å²) in [5, 5.41) is 14.4. The summed E-state index contributed by atoms with van der Waals surface area (Å²) in [7, 11) is 0. The number of amides is 3. The first-order chi connectivity index (χ1) is 17.0. The normalized spacial score (nSPS) is 20.3. The smallest absolute Gasteiger partial charge is 0.407 e. The van der Waals surface area contributed by atoms with Crippen molar-refractivity contribution in [2.24, 2.45) is 0 Å². The molecule has 2 fully saturated rings. The van der Waals surface area contributed by atoms with E-state index in [2.05, 4.69) is 16.7 Å². The maximum absolute atomic E-state index is 12.3. The Morgan fingerprint density at radius 3 is 2.63 bits per heavy atom. The van der Waals surface area contributed by atoms with E-state index >= 15 is 0 Å². The third-order valence-electron chi connectivity index (χ3n) is 6.38. The van der Waals surface area contributed by atoms with Crippen LogP contribution in [-0.4, -0.2) is 41.5 Å². The Morgan fingerprint density at radius 1 is 1.06 bits per heavy atom. The molecule has 35 heavy (non-hydrogen) atoms. The number of hydroxylamine groups is 1. The van der Waals surface area contributed by atoms with Crippen LogP contribution in [0.25, 0.3) is 10.4 Å². The summed E-state index contributed by atoms with van der Waals surface area (Å²) >= 11 is 3.41. The number of carbonyl (C=O) groups is 3. The van der Waals surface area contributed by atoms with E-state index in [-0.39, 0.29) is 35.6 Å². The molecule has 2 aliphatic rings. The van der Waals surface area contributed by atoms with Gasteiger partial charge in [0.25, 0.3) is 0 Å². The first-order valence-electron chi connectivity index (χ1n) is 12.0. The lowest BCUT2D eigenvalue weighted by Gasteiger charge is -2.35. The van der Waals surface area contributed by atoms with E-state index in [0.29, 0.717) is 5.69 Å². The number of nitrogens with one attached hydrogen (secondary N) is 3. The van der Waals surface area contributed by atoms with Crippen LogP contribution in [0.1, 0.15) is 56.2 Å². The van der Waals surface area contributed by atoms with Gasteiger partial charge in [0.1, 0.15) is 12.6 Å². The number of thiophene rings is 1. The maximum atomic E-state index is 12.3. The second-order valence-corrected chi connectivity index (χ2v) is 11.5. The largest absolute Gasteiger partial charge is 0.446 e. The molecular formula is C25H31N3O5S2. The quantitative estimate of drug-likeness (QED) is 0.288. The van der Waals surface area contributed by atoms with Gasteiger partial charge in [-0.15, -0.1) is 23.1 Å². The van der Waals surface area contributed by atoms with Gasteiger partial charge in [-0.1, -0.05) is 18.6 Å². The van der Waals surface area contributed by atoms with Crippen LogP contribution in [0.4, 0.5) is 10.5 Å². The van der Waals surface area contributed by atoms with E-state index in [1.165, 1.54) is 0 Å². The molecule has 1 saturated carbocycles. The standard InChI is InChI=1S/C25H31N3O5S2/c29-22(28-32)15-25(12-3-4-13-34-25)21-11-10-20(35-21)17-6-5-7-18(14-17)27-23(30)16-26-24(31)33-19-8-1-2-9-19/h5-7,10-11,14,19,32H,1-4,8-9,12-13,15-16H2,(H,26,31)(H,27,30)(H,28,29)/t25-/m0/s1. The highest BCUT2D eigenvalue weighted by molar-refractivity contribution is 8.00. The number of hydrogen-bond acceptors (Lipinski definition) is 7. The lowest BCUT2D eigenvalue weighted by Crippen LogP contribution is -2.34. The molecule has 1 atom stereocenters. The molecule has 188 valence electrons. The van der Waals surface area contributed by atoms with Crippen molar-refractivity contribution in [1.29, 1.82) is 0 Å². The van der Waals surface area contributed by atoms with Gasteiger partial charge >= 0.3 is 6.09 Å². The second kappa shape index (κ2) is 11.9. The summed E-state index contributed by atoms with van der Waals surface area (Å²) in [5.41, 5.74) is 3.37. The van der Waals surface area contributed by atoms with Crippen molar-refractivity contribution in [1.82, 2.24) is 10.8 Å². The lowest BCUT2D eigenvalue weighted by molar-refractivity contribution is -0.129. The number of carbonyl (C=O) groups excluding carboxylic acids is 3. The summed E-state index contributed by atoms with van der Waals surface area (Å²) < 4.78 is 4.98. The summed E-state index contributed by atoms with van der Waals surface area (Å²) in [4.78, 5) is 38.4. The molecule has 2 aromatic rings. The molecule has 1 aliphatic heterocycles. The average Bonchev–Trinajstić information content (AvgIpc) is 3.56. The summed E-state index contributed by atoms with van der Waals surface area (Å²) in [6.07, 6.45) is 6.58. The van der Waals surface area contributed by atoms with Crippen molar-refractivity contribution in [3.63, 3.8) is 0 Å². The Hall–Kier alpha value is -2.56. The average molecular weight is 518 g/mol. The Bertz CT molecular complexity index is 1050. The van der Waals surface area contributed by atoms with Gasteiger partial charge in [-0.2, -0.15) is 0 Å². The minimum Gasteiger partial charge on any atom is -0.446 e. The molecule has 4 rings (SSSR count). The van der Waals surface area contributed by atoms with Crippen LogP contribution in [0, 0.1) is 0 Å².